The van der Waals surface area contributed by atoms with E-state index in [9.17, 15) is 9.59 Å². The van der Waals surface area contributed by atoms with E-state index in [4.69, 9.17) is 0 Å². The largest absolute Gasteiger partial charge is 0.235 e. The van der Waals surface area contributed by atoms with E-state index in [2.05, 4.69) is 9.98 Å². The Kier molecular flexibility index (Phi) is 4.10. The normalized spacial score (nSPS) is 28.0. The van der Waals surface area contributed by atoms with Gasteiger partial charge in [-0.25, -0.2) is 19.6 Å². The lowest BCUT2D eigenvalue weighted by Crippen LogP contribution is -2.20. The highest BCUT2D eigenvalue weighted by Gasteiger charge is 2.22. The molecule has 0 aromatic carbocycles. The summed E-state index contributed by atoms with van der Waals surface area (Å²) in [5.74, 6) is 0. The molecule has 0 radical (unpaired) electrons. The molecule has 2 unspecified atom stereocenters. The number of hydrogen-bond donors (Lipinski definition) is 0. The molecule has 1 aliphatic carbocycles. The number of hydrogen-bond acceptors (Lipinski definition) is 4. The van der Waals surface area contributed by atoms with Crippen molar-refractivity contribution < 1.29 is 9.59 Å². The minimum atomic E-state index is -0.151. The van der Waals surface area contributed by atoms with Crippen LogP contribution in [0.15, 0.2) is 9.98 Å². The Labute approximate surface area is 76.8 Å². The SMILES string of the molecule is O=C=NC1CCCCCC1N=C=O. The fraction of sp³-hybridized carbons (Fsp3) is 0.778. The first-order valence-electron chi connectivity index (χ1n) is 4.52. The second kappa shape index (κ2) is 5.41. The summed E-state index contributed by atoms with van der Waals surface area (Å²) < 4.78 is 0. The maximum absolute atomic E-state index is 10.1. The highest BCUT2D eigenvalue weighted by molar-refractivity contribution is 5.36. The standard InChI is InChI=1S/C9H12N2O2/c12-6-10-8-4-2-1-3-5-9(8)11-7-13/h8-9H,1-5H2. The zero-order valence-corrected chi connectivity index (χ0v) is 7.40. The molecule has 0 spiro atoms. The van der Waals surface area contributed by atoms with E-state index in [-0.39, 0.29) is 12.1 Å². The fourth-order valence-corrected chi connectivity index (χ4v) is 1.71. The van der Waals surface area contributed by atoms with Gasteiger partial charge in [0.25, 0.3) is 0 Å². The molecule has 0 aromatic rings. The summed E-state index contributed by atoms with van der Waals surface area (Å²) in [5, 5.41) is 0. The highest BCUT2D eigenvalue weighted by Crippen LogP contribution is 2.22. The van der Waals surface area contributed by atoms with Crippen molar-refractivity contribution in [2.75, 3.05) is 0 Å². The summed E-state index contributed by atoms with van der Waals surface area (Å²) in [4.78, 5) is 27.5. The van der Waals surface area contributed by atoms with Gasteiger partial charge < -0.3 is 0 Å². The molecule has 2 atom stereocenters. The average Bonchev–Trinajstić information content (AvgIpc) is 2.33. The molecule has 1 fully saturated rings. The van der Waals surface area contributed by atoms with Crippen LogP contribution in [0.3, 0.4) is 0 Å². The van der Waals surface area contributed by atoms with Crippen LogP contribution in [0.1, 0.15) is 32.1 Å². The van der Waals surface area contributed by atoms with Crippen molar-refractivity contribution in [1.82, 2.24) is 0 Å². The van der Waals surface area contributed by atoms with Gasteiger partial charge in [-0.1, -0.05) is 19.3 Å². The Bertz CT molecular complexity index is 226. The molecule has 0 aromatic heterocycles. The van der Waals surface area contributed by atoms with E-state index < -0.39 is 0 Å². The smallest absolute Gasteiger partial charge is 0.211 e. The van der Waals surface area contributed by atoms with E-state index >= 15 is 0 Å². The number of nitrogens with zero attached hydrogens (tertiary/aromatic N) is 2. The van der Waals surface area contributed by atoms with Crippen LogP contribution >= 0.6 is 0 Å². The number of carbonyl (C=O) groups excluding carboxylic acids is 2. The Morgan fingerprint density at radius 2 is 1.31 bits per heavy atom. The molecular formula is C9H12N2O2. The Hall–Kier alpha value is -1.24. The first-order valence-corrected chi connectivity index (χ1v) is 4.52. The Morgan fingerprint density at radius 1 is 0.846 bits per heavy atom. The highest BCUT2D eigenvalue weighted by atomic mass is 16.1. The van der Waals surface area contributed by atoms with Crippen LogP contribution in [0.5, 0.6) is 0 Å². The molecule has 0 aliphatic heterocycles. The molecule has 0 bridgehead atoms. The van der Waals surface area contributed by atoms with Gasteiger partial charge in [0.2, 0.25) is 12.2 Å². The molecule has 70 valence electrons. The topological polar surface area (TPSA) is 58.9 Å². The quantitative estimate of drug-likeness (QED) is 0.366. The van der Waals surface area contributed by atoms with Gasteiger partial charge in [0.1, 0.15) is 0 Å². The van der Waals surface area contributed by atoms with Gasteiger partial charge in [-0.3, -0.25) is 0 Å². The van der Waals surface area contributed by atoms with Crippen molar-refractivity contribution in [2.45, 2.75) is 44.2 Å². The summed E-state index contributed by atoms with van der Waals surface area (Å²) in [6.45, 7) is 0. The van der Waals surface area contributed by atoms with Gasteiger partial charge in [-0.05, 0) is 12.8 Å². The molecule has 1 aliphatic rings. The lowest BCUT2D eigenvalue weighted by atomic mass is 10.1. The van der Waals surface area contributed by atoms with Crippen molar-refractivity contribution >= 4 is 12.2 Å². The minimum absolute atomic E-state index is 0.151. The summed E-state index contributed by atoms with van der Waals surface area (Å²) >= 11 is 0. The third-order valence-electron chi connectivity index (χ3n) is 2.38. The fourth-order valence-electron chi connectivity index (χ4n) is 1.71. The molecule has 0 amide bonds. The van der Waals surface area contributed by atoms with E-state index in [1.54, 1.807) is 0 Å². The van der Waals surface area contributed by atoms with E-state index in [0.29, 0.717) is 0 Å². The van der Waals surface area contributed by atoms with Gasteiger partial charge in [-0.2, -0.15) is 0 Å². The third-order valence-corrected chi connectivity index (χ3v) is 2.38. The molecule has 13 heavy (non-hydrogen) atoms. The predicted octanol–water partition coefficient (Wildman–Crippen LogP) is 1.36. The Morgan fingerprint density at radius 3 is 1.69 bits per heavy atom. The van der Waals surface area contributed by atoms with Crippen LogP contribution in [-0.2, 0) is 9.59 Å². The number of aliphatic imine (C=N–C) groups is 2. The second-order valence-corrected chi connectivity index (χ2v) is 3.21. The maximum atomic E-state index is 10.1. The molecule has 0 heterocycles. The molecule has 4 heteroatoms. The van der Waals surface area contributed by atoms with Crippen molar-refractivity contribution in [3.05, 3.63) is 0 Å². The Balaban J connectivity index is 2.71. The van der Waals surface area contributed by atoms with Crippen LogP contribution < -0.4 is 0 Å². The third kappa shape index (κ3) is 2.94. The lowest BCUT2D eigenvalue weighted by Gasteiger charge is -2.12. The van der Waals surface area contributed by atoms with Crippen LogP contribution in [0.4, 0.5) is 0 Å². The zero-order chi connectivity index (χ0) is 9.52. The van der Waals surface area contributed by atoms with Crippen LogP contribution in [0.2, 0.25) is 0 Å². The number of isocyanates is 2. The molecule has 1 rings (SSSR count). The maximum Gasteiger partial charge on any atom is 0.235 e. The monoisotopic (exact) mass is 180 g/mol. The molecule has 0 saturated heterocycles. The van der Waals surface area contributed by atoms with Gasteiger partial charge in [0.15, 0.2) is 0 Å². The van der Waals surface area contributed by atoms with E-state index in [1.165, 1.54) is 12.2 Å². The predicted molar refractivity (Wildman–Crippen MR) is 46.9 cm³/mol. The summed E-state index contributed by atoms with van der Waals surface area (Å²) in [7, 11) is 0. The van der Waals surface area contributed by atoms with Crippen molar-refractivity contribution in [2.24, 2.45) is 9.98 Å². The van der Waals surface area contributed by atoms with E-state index in [1.807, 2.05) is 0 Å². The van der Waals surface area contributed by atoms with Crippen molar-refractivity contribution in [3.8, 4) is 0 Å². The van der Waals surface area contributed by atoms with Gasteiger partial charge in [0.05, 0.1) is 12.1 Å². The summed E-state index contributed by atoms with van der Waals surface area (Å²) in [6.07, 6.45) is 7.93. The van der Waals surface area contributed by atoms with Crippen LogP contribution in [0, 0.1) is 0 Å². The first-order chi connectivity index (χ1) is 6.38. The van der Waals surface area contributed by atoms with Crippen LogP contribution in [-0.4, -0.2) is 24.2 Å². The first kappa shape index (κ1) is 9.85. The molecule has 0 N–H and O–H groups in total. The van der Waals surface area contributed by atoms with Gasteiger partial charge in [0, 0.05) is 0 Å². The lowest BCUT2D eigenvalue weighted by molar-refractivity contribution is 0.486. The second-order valence-electron chi connectivity index (χ2n) is 3.21. The molecule has 4 nitrogen and oxygen atoms in total. The van der Waals surface area contributed by atoms with Gasteiger partial charge >= 0.3 is 0 Å². The summed E-state index contributed by atoms with van der Waals surface area (Å²) in [6, 6.07) is -0.303. The van der Waals surface area contributed by atoms with Crippen molar-refractivity contribution in [1.29, 1.82) is 0 Å². The molecule has 1 saturated carbocycles. The molecular weight excluding hydrogens is 168 g/mol. The van der Waals surface area contributed by atoms with E-state index in [0.717, 1.165) is 32.1 Å². The summed E-state index contributed by atoms with van der Waals surface area (Å²) in [5.41, 5.74) is 0. The van der Waals surface area contributed by atoms with Crippen LogP contribution in [0.25, 0.3) is 0 Å². The van der Waals surface area contributed by atoms with Gasteiger partial charge in [-0.15, -0.1) is 0 Å². The number of rotatable bonds is 2. The minimum Gasteiger partial charge on any atom is -0.211 e. The zero-order valence-electron chi connectivity index (χ0n) is 7.40. The van der Waals surface area contributed by atoms with Crippen molar-refractivity contribution in [3.63, 3.8) is 0 Å². The average molecular weight is 180 g/mol.